The second kappa shape index (κ2) is 9.85. The summed E-state index contributed by atoms with van der Waals surface area (Å²) in [6.45, 7) is 0. The molecule has 5 nitrogen and oxygen atoms in total. The number of aryl methyl sites for hydroxylation is 1. The molecular formula is C25H21ClN2O3S. The van der Waals surface area contributed by atoms with Crippen molar-refractivity contribution in [2.45, 2.75) is 12.8 Å². The van der Waals surface area contributed by atoms with Gasteiger partial charge in [0.05, 0.1) is 12.1 Å². The van der Waals surface area contributed by atoms with Gasteiger partial charge in [-0.1, -0.05) is 41.9 Å². The largest absolute Gasteiger partial charge is 0.497 e. The van der Waals surface area contributed by atoms with Gasteiger partial charge in [0.25, 0.3) is 5.91 Å². The first-order valence-corrected chi connectivity index (χ1v) is 11.2. The number of halogens is 1. The minimum atomic E-state index is -0.283. The van der Waals surface area contributed by atoms with E-state index < -0.39 is 0 Å². The van der Waals surface area contributed by atoms with Crippen LogP contribution in [0.4, 0.5) is 11.4 Å². The van der Waals surface area contributed by atoms with Crippen LogP contribution in [0.15, 0.2) is 72.8 Å². The fraction of sp³-hybridized carbons (Fsp3) is 0.120. The zero-order chi connectivity index (χ0) is 22.5. The number of nitrogens with one attached hydrogen (secondary N) is 2. The molecule has 2 amide bonds. The van der Waals surface area contributed by atoms with Gasteiger partial charge in [-0.15, -0.1) is 11.3 Å². The van der Waals surface area contributed by atoms with E-state index in [0.717, 1.165) is 15.6 Å². The molecule has 0 radical (unpaired) electrons. The topological polar surface area (TPSA) is 67.4 Å². The molecule has 1 heterocycles. The van der Waals surface area contributed by atoms with Crippen LogP contribution < -0.4 is 15.4 Å². The number of carbonyl (C=O) groups is 2. The van der Waals surface area contributed by atoms with E-state index in [1.54, 1.807) is 31.4 Å². The number of hydrogen-bond donors (Lipinski definition) is 2. The molecule has 162 valence electrons. The van der Waals surface area contributed by atoms with Crippen molar-refractivity contribution >= 4 is 56.2 Å². The predicted molar refractivity (Wildman–Crippen MR) is 131 cm³/mol. The van der Waals surface area contributed by atoms with E-state index in [2.05, 4.69) is 10.6 Å². The number of methoxy groups -OCH3 is 1. The van der Waals surface area contributed by atoms with Gasteiger partial charge in [0.2, 0.25) is 5.91 Å². The van der Waals surface area contributed by atoms with E-state index in [1.807, 2.05) is 48.5 Å². The van der Waals surface area contributed by atoms with Gasteiger partial charge in [-0.3, -0.25) is 9.59 Å². The van der Waals surface area contributed by atoms with E-state index in [4.69, 9.17) is 16.3 Å². The summed E-state index contributed by atoms with van der Waals surface area (Å²) in [6, 6.07) is 22.4. The molecule has 0 bridgehead atoms. The van der Waals surface area contributed by atoms with Crippen molar-refractivity contribution in [1.82, 2.24) is 0 Å². The van der Waals surface area contributed by atoms with Gasteiger partial charge in [0.15, 0.2) is 0 Å². The van der Waals surface area contributed by atoms with Crippen molar-refractivity contribution in [1.29, 1.82) is 0 Å². The third-order valence-corrected chi connectivity index (χ3v) is 6.61. The molecule has 1 aromatic heterocycles. The second-order valence-electron chi connectivity index (χ2n) is 7.17. The Balaban J connectivity index is 1.37. The van der Waals surface area contributed by atoms with Crippen LogP contribution in [-0.4, -0.2) is 18.9 Å². The van der Waals surface area contributed by atoms with E-state index >= 15 is 0 Å². The Morgan fingerprint density at radius 3 is 2.31 bits per heavy atom. The normalized spacial score (nSPS) is 10.7. The van der Waals surface area contributed by atoms with Crippen molar-refractivity contribution < 1.29 is 14.3 Å². The molecule has 3 aromatic carbocycles. The Bertz CT molecular complexity index is 1250. The molecule has 32 heavy (non-hydrogen) atoms. The molecule has 0 aliphatic rings. The van der Waals surface area contributed by atoms with Gasteiger partial charge < -0.3 is 15.4 Å². The summed E-state index contributed by atoms with van der Waals surface area (Å²) in [4.78, 5) is 25.4. The van der Waals surface area contributed by atoms with Gasteiger partial charge in [0, 0.05) is 27.9 Å². The number of fused-ring (bicyclic) bond motifs is 1. The van der Waals surface area contributed by atoms with Gasteiger partial charge in [-0.2, -0.15) is 0 Å². The highest BCUT2D eigenvalue weighted by molar-refractivity contribution is 7.21. The number of rotatable bonds is 7. The summed E-state index contributed by atoms with van der Waals surface area (Å²) in [5.74, 6) is 0.372. The van der Waals surface area contributed by atoms with Crippen LogP contribution in [0.1, 0.15) is 21.7 Å². The lowest BCUT2D eigenvalue weighted by molar-refractivity contribution is -0.116. The fourth-order valence-corrected chi connectivity index (χ4v) is 4.71. The third-order valence-electron chi connectivity index (χ3n) is 4.95. The van der Waals surface area contributed by atoms with Gasteiger partial charge in [-0.25, -0.2) is 0 Å². The van der Waals surface area contributed by atoms with Crippen molar-refractivity contribution in [3.63, 3.8) is 0 Å². The number of benzene rings is 3. The third kappa shape index (κ3) is 5.10. The van der Waals surface area contributed by atoms with Gasteiger partial charge in [0.1, 0.15) is 10.6 Å². The van der Waals surface area contributed by atoms with Crippen molar-refractivity contribution in [2.75, 3.05) is 17.7 Å². The van der Waals surface area contributed by atoms with E-state index in [1.165, 1.54) is 11.3 Å². The van der Waals surface area contributed by atoms with Crippen LogP contribution in [0, 0.1) is 0 Å². The smallest absolute Gasteiger partial charge is 0.267 e. The Kier molecular flexibility index (Phi) is 6.73. The van der Waals surface area contributed by atoms with Crippen molar-refractivity contribution in [3.8, 4) is 5.75 Å². The minimum Gasteiger partial charge on any atom is -0.497 e. The molecular weight excluding hydrogens is 444 g/mol. The summed E-state index contributed by atoms with van der Waals surface area (Å²) in [5.41, 5.74) is 2.41. The maximum Gasteiger partial charge on any atom is 0.267 e. The fourth-order valence-electron chi connectivity index (χ4n) is 3.27. The molecule has 0 atom stereocenters. The summed E-state index contributed by atoms with van der Waals surface area (Å²) >= 11 is 7.75. The first-order chi connectivity index (χ1) is 15.5. The van der Waals surface area contributed by atoms with Crippen molar-refractivity contribution in [3.05, 3.63) is 88.3 Å². The monoisotopic (exact) mass is 464 g/mol. The van der Waals surface area contributed by atoms with Crippen LogP contribution in [0.5, 0.6) is 5.75 Å². The van der Waals surface area contributed by atoms with E-state index in [9.17, 15) is 9.59 Å². The molecule has 0 saturated heterocycles. The quantitative estimate of drug-likeness (QED) is 0.333. The van der Waals surface area contributed by atoms with Crippen LogP contribution in [0.25, 0.3) is 10.1 Å². The summed E-state index contributed by atoms with van der Waals surface area (Å²) in [5, 5.41) is 6.98. The van der Waals surface area contributed by atoms with Gasteiger partial charge >= 0.3 is 0 Å². The molecule has 0 saturated carbocycles. The zero-order valence-corrected chi connectivity index (χ0v) is 18.9. The second-order valence-corrected chi connectivity index (χ2v) is 8.60. The molecule has 2 N–H and O–H groups in total. The van der Waals surface area contributed by atoms with Crippen molar-refractivity contribution in [2.24, 2.45) is 0 Å². The molecule has 0 aliphatic carbocycles. The van der Waals surface area contributed by atoms with Crippen LogP contribution in [0.2, 0.25) is 5.02 Å². The molecule has 4 rings (SSSR count). The number of anilines is 2. The Morgan fingerprint density at radius 1 is 0.938 bits per heavy atom. The highest BCUT2D eigenvalue weighted by Gasteiger charge is 2.18. The average molecular weight is 465 g/mol. The Labute approximate surface area is 195 Å². The highest BCUT2D eigenvalue weighted by atomic mass is 35.5. The van der Waals surface area contributed by atoms with E-state index in [-0.39, 0.29) is 11.8 Å². The van der Waals surface area contributed by atoms with E-state index in [0.29, 0.717) is 39.9 Å². The molecule has 0 aliphatic heterocycles. The first-order valence-electron chi connectivity index (χ1n) is 10.0. The number of hydrogen-bond acceptors (Lipinski definition) is 4. The number of thiophene rings is 1. The molecule has 0 unspecified atom stereocenters. The number of ether oxygens (including phenoxy) is 1. The van der Waals surface area contributed by atoms with Crippen LogP contribution in [0.3, 0.4) is 0 Å². The van der Waals surface area contributed by atoms with Crippen LogP contribution in [-0.2, 0) is 11.2 Å². The highest BCUT2D eigenvalue weighted by Crippen LogP contribution is 2.37. The molecule has 4 aromatic rings. The molecule has 0 fully saturated rings. The minimum absolute atomic E-state index is 0.0573. The maximum absolute atomic E-state index is 12.8. The summed E-state index contributed by atoms with van der Waals surface area (Å²) < 4.78 is 6.12. The summed E-state index contributed by atoms with van der Waals surface area (Å²) in [7, 11) is 1.60. The first kappa shape index (κ1) is 21.9. The van der Waals surface area contributed by atoms with Gasteiger partial charge in [-0.05, 0) is 54.4 Å². The Morgan fingerprint density at radius 2 is 1.62 bits per heavy atom. The molecule has 7 heteroatoms. The lowest BCUT2D eigenvalue weighted by atomic mass is 10.1. The zero-order valence-electron chi connectivity index (χ0n) is 17.4. The standard InChI is InChI=1S/C25H21ClN2O3S/c1-31-19-12-13-20-21(15-19)32-24(23(20)26)25(30)28-18-10-8-17(9-11-18)27-22(29)14-7-16-5-3-2-4-6-16/h2-6,8-13,15H,7,14H2,1H3,(H,27,29)(H,28,30). The molecule has 0 spiro atoms. The predicted octanol–water partition coefficient (Wildman–Crippen LogP) is 6.39. The lowest BCUT2D eigenvalue weighted by Gasteiger charge is -2.08. The average Bonchev–Trinajstić information content (AvgIpc) is 3.15. The number of carbonyl (C=O) groups excluding carboxylic acids is 2. The number of amides is 2. The lowest BCUT2D eigenvalue weighted by Crippen LogP contribution is -2.13. The maximum atomic E-state index is 12.8. The summed E-state index contributed by atoms with van der Waals surface area (Å²) in [6.07, 6.45) is 1.08. The SMILES string of the molecule is COc1ccc2c(Cl)c(C(=O)Nc3ccc(NC(=O)CCc4ccccc4)cc3)sc2c1. The Hall–Kier alpha value is -3.35. The van der Waals surface area contributed by atoms with Crippen LogP contribution >= 0.6 is 22.9 Å².